The molecule has 1 fully saturated rings. The molecule has 2 rings (SSSR count). The zero-order valence-electron chi connectivity index (χ0n) is 10.9. The summed E-state index contributed by atoms with van der Waals surface area (Å²) in [4.78, 5) is 11.0. The van der Waals surface area contributed by atoms with Gasteiger partial charge in [-0.05, 0) is 30.2 Å². The number of hydrogen-bond acceptors (Lipinski definition) is 5. The van der Waals surface area contributed by atoms with Gasteiger partial charge >= 0.3 is 5.97 Å². The molecule has 0 aliphatic carbocycles. The molecule has 1 atom stereocenters. The molecular formula is C14H18N2O3. The summed E-state index contributed by atoms with van der Waals surface area (Å²) >= 11 is 0. The Morgan fingerprint density at radius 1 is 1.63 bits per heavy atom. The molecule has 0 amide bonds. The molecule has 0 radical (unpaired) electrons. The Hall–Kier alpha value is -2.01. The molecule has 3 N–H and O–H groups in total. The number of carbonyl (C=O) groups is 1. The van der Waals surface area contributed by atoms with E-state index in [-0.39, 0.29) is 12.1 Å². The lowest BCUT2D eigenvalue weighted by Crippen LogP contribution is -2.33. The van der Waals surface area contributed by atoms with Crippen LogP contribution in [0.4, 0.5) is 11.4 Å². The number of nitrogens with one attached hydrogen (secondary N) is 1. The van der Waals surface area contributed by atoms with E-state index in [9.17, 15) is 4.79 Å². The minimum absolute atomic E-state index is 0.272. The minimum atomic E-state index is -0.380. The van der Waals surface area contributed by atoms with Gasteiger partial charge in [0.1, 0.15) is 0 Å². The Kier molecular flexibility index (Phi) is 4.41. The van der Waals surface area contributed by atoms with E-state index >= 15 is 0 Å². The molecule has 1 aromatic carbocycles. The molecule has 5 nitrogen and oxygen atoms in total. The highest BCUT2D eigenvalue weighted by Crippen LogP contribution is 2.22. The maximum atomic E-state index is 11.0. The molecule has 1 aliphatic rings. The number of methoxy groups -OCH3 is 1. The van der Waals surface area contributed by atoms with Gasteiger partial charge in [-0.2, -0.15) is 0 Å². The second-order valence-corrected chi connectivity index (χ2v) is 4.37. The van der Waals surface area contributed by atoms with Crippen LogP contribution in [0.1, 0.15) is 12.0 Å². The first kappa shape index (κ1) is 13.4. The Labute approximate surface area is 112 Å². The highest BCUT2D eigenvalue weighted by Gasteiger charge is 2.17. The third-order valence-corrected chi connectivity index (χ3v) is 3.00. The molecule has 0 unspecified atom stereocenters. The number of esters is 1. The summed E-state index contributed by atoms with van der Waals surface area (Å²) in [5.74, 6) is -0.380. The van der Waals surface area contributed by atoms with Crippen LogP contribution in [0.3, 0.4) is 0 Å². The topological polar surface area (TPSA) is 73.6 Å². The molecule has 1 aliphatic heterocycles. The van der Waals surface area contributed by atoms with Gasteiger partial charge in [0.05, 0.1) is 24.6 Å². The van der Waals surface area contributed by atoms with E-state index in [1.54, 1.807) is 12.1 Å². The van der Waals surface area contributed by atoms with Crippen molar-refractivity contribution in [3.63, 3.8) is 0 Å². The Morgan fingerprint density at radius 2 is 2.42 bits per heavy atom. The van der Waals surface area contributed by atoms with E-state index < -0.39 is 0 Å². The largest absolute Gasteiger partial charge is 0.466 e. The quantitative estimate of drug-likeness (QED) is 0.479. The summed E-state index contributed by atoms with van der Waals surface area (Å²) in [5.41, 5.74) is 8.31. The van der Waals surface area contributed by atoms with Gasteiger partial charge in [0.25, 0.3) is 0 Å². The number of ether oxygens (including phenoxy) is 2. The molecule has 0 bridgehead atoms. The smallest absolute Gasteiger partial charge is 0.330 e. The molecule has 102 valence electrons. The van der Waals surface area contributed by atoms with E-state index in [1.165, 1.54) is 13.2 Å². The first-order valence-electron chi connectivity index (χ1n) is 6.20. The summed E-state index contributed by atoms with van der Waals surface area (Å²) in [6.45, 7) is 1.58. The van der Waals surface area contributed by atoms with Gasteiger partial charge < -0.3 is 20.5 Å². The Bertz CT molecular complexity index is 482. The van der Waals surface area contributed by atoms with Gasteiger partial charge in [-0.15, -0.1) is 0 Å². The lowest BCUT2D eigenvalue weighted by molar-refractivity contribution is -0.134. The number of nitrogen functional groups attached to an aromatic ring is 1. The summed E-state index contributed by atoms with van der Waals surface area (Å²) < 4.78 is 9.88. The van der Waals surface area contributed by atoms with Gasteiger partial charge in [-0.25, -0.2) is 4.79 Å². The van der Waals surface area contributed by atoms with Crippen LogP contribution in [-0.2, 0) is 14.3 Å². The van der Waals surface area contributed by atoms with Gasteiger partial charge in [-0.1, -0.05) is 6.07 Å². The zero-order valence-corrected chi connectivity index (χ0v) is 10.9. The zero-order chi connectivity index (χ0) is 13.7. The van der Waals surface area contributed by atoms with Gasteiger partial charge in [0, 0.05) is 19.2 Å². The third kappa shape index (κ3) is 3.72. The standard InChI is InChI=1S/C14H18N2O3/c1-18-14(17)5-3-10-2-4-12(15)13(8-10)16-9-11-6-7-19-11/h2-5,8,11,16H,6-7,9,15H2,1H3/b5-3+/t11-/m0/s1. The SMILES string of the molecule is COC(=O)/C=C/c1ccc(N)c(NC[C@@H]2CCO2)c1. The highest BCUT2D eigenvalue weighted by atomic mass is 16.5. The molecule has 19 heavy (non-hydrogen) atoms. The summed E-state index contributed by atoms with van der Waals surface area (Å²) in [7, 11) is 1.35. The van der Waals surface area contributed by atoms with Crippen molar-refractivity contribution in [1.29, 1.82) is 0 Å². The van der Waals surface area contributed by atoms with Crippen LogP contribution in [0.15, 0.2) is 24.3 Å². The van der Waals surface area contributed by atoms with Gasteiger partial charge in [-0.3, -0.25) is 0 Å². The number of hydrogen-bond donors (Lipinski definition) is 2. The summed E-state index contributed by atoms with van der Waals surface area (Å²) in [6.07, 6.45) is 4.42. The molecule has 0 saturated carbocycles. The van der Waals surface area contributed by atoms with Crippen molar-refractivity contribution in [2.45, 2.75) is 12.5 Å². The number of carbonyl (C=O) groups excluding carboxylic acids is 1. The average molecular weight is 262 g/mol. The normalized spacial score (nSPS) is 18.1. The van der Waals surface area contributed by atoms with Crippen LogP contribution in [0.25, 0.3) is 6.08 Å². The van der Waals surface area contributed by atoms with Crippen LogP contribution in [0, 0.1) is 0 Å². The van der Waals surface area contributed by atoms with Crippen molar-refractivity contribution in [3.8, 4) is 0 Å². The van der Waals surface area contributed by atoms with Crippen molar-refractivity contribution >= 4 is 23.4 Å². The molecule has 5 heteroatoms. The Morgan fingerprint density at radius 3 is 3.05 bits per heavy atom. The van der Waals surface area contributed by atoms with E-state index in [2.05, 4.69) is 10.1 Å². The number of anilines is 2. The molecule has 1 aromatic rings. The maximum Gasteiger partial charge on any atom is 0.330 e. The van der Waals surface area contributed by atoms with E-state index in [0.29, 0.717) is 5.69 Å². The van der Waals surface area contributed by atoms with Crippen molar-refractivity contribution in [1.82, 2.24) is 0 Å². The van der Waals surface area contributed by atoms with Crippen LogP contribution in [0.5, 0.6) is 0 Å². The van der Waals surface area contributed by atoms with E-state index in [0.717, 1.165) is 30.8 Å². The second kappa shape index (κ2) is 6.24. The Balaban J connectivity index is 2.01. The predicted molar refractivity (Wildman–Crippen MR) is 74.8 cm³/mol. The highest BCUT2D eigenvalue weighted by molar-refractivity contribution is 5.87. The fraction of sp³-hybridized carbons (Fsp3) is 0.357. The van der Waals surface area contributed by atoms with E-state index in [4.69, 9.17) is 10.5 Å². The van der Waals surface area contributed by atoms with E-state index in [1.807, 2.05) is 12.1 Å². The lowest BCUT2D eigenvalue weighted by atomic mass is 10.1. The first-order chi connectivity index (χ1) is 9.19. The van der Waals surface area contributed by atoms with Crippen molar-refractivity contribution < 1.29 is 14.3 Å². The third-order valence-electron chi connectivity index (χ3n) is 3.00. The minimum Gasteiger partial charge on any atom is -0.466 e. The van der Waals surface area contributed by atoms with Crippen LogP contribution < -0.4 is 11.1 Å². The summed E-state index contributed by atoms with van der Waals surface area (Å²) in [6, 6.07) is 5.55. The molecule has 1 saturated heterocycles. The molecule has 0 aromatic heterocycles. The molecule has 1 heterocycles. The van der Waals surface area contributed by atoms with Crippen molar-refractivity contribution in [3.05, 3.63) is 29.8 Å². The number of nitrogens with two attached hydrogens (primary N) is 1. The molecule has 0 spiro atoms. The second-order valence-electron chi connectivity index (χ2n) is 4.37. The van der Waals surface area contributed by atoms with Crippen LogP contribution in [-0.4, -0.2) is 32.3 Å². The predicted octanol–water partition coefficient (Wildman–Crippen LogP) is 1.66. The molecular weight excluding hydrogens is 244 g/mol. The van der Waals surface area contributed by atoms with Gasteiger partial charge in [0.15, 0.2) is 0 Å². The first-order valence-corrected chi connectivity index (χ1v) is 6.20. The number of rotatable bonds is 5. The fourth-order valence-corrected chi connectivity index (χ4v) is 1.73. The maximum absolute atomic E-state index is 11.0. The van der Waals surface area contributed by atoms with Crippen molar-refractivity contribution in [2.24, 2.45) is 0 Å². The fourth-order valence-electron chi connectivity index (χ4n) is 1.73. The number of benzene rings is 1. The lowest BCUT2D eigenvalue weighted by Gasteiger charge is -2.27. The summed E-state index contributed by atoms with van der Waals surface area (Å²) in [5, 5.41) is 3.26. The monoisotopic (exact) mass is 262 g/mol. The van der Waals surface area contributed by atoms with Crippen molar-refractivity contribution in [2.75, 3.05) is 31.3 Å². The average Bonchev–Trinajstić information content (AvgIpc) is 2.37. The van der Waals surface area contributed by atoms with Gasteiger partial charge in [0.2, 0.25) is 0 Å². The van der Waals surface area contributed by atoms with Crippen LogP contribution >= 0.6 is 0 Å². The van der Waals surface area contributed by atoms with Crippen LogP contribution in [0.2, 0.25) is 0 Å².